The van der Waals surface area contributed by atoms with Crippen molar-refractivity contribution in [3.05, 3.63) is 77.8 Å². The molecule has 4 rings (SSSR count). The number of carbonyl (C=O) groups excluding carboxylic acids is 1. The first kappa shape index (κ1) is 18.2. The van der Waals surface area contributed by atoms with Crippen LogP contribution in [0, 0.1) is 5.82 Å². The van der Waals surface area contributed by atoms with Crippen LogP contribution in [0.1, 0.15) is 22.1 Å². The Morgan fingerprint density at radius 3 is 2.39 bits per heavy atom. The molecule has 0 unspecified atom stereocenters. The molecule has 0 atom stereocenters. The minimum Gasteiger partial charge on any atom is -0.417 e. The van der Waals surface area contributed by atoms with E-state index in [9.17, 15) is 9.18 Å². The second-order valence-corrected chi connectivity index (χ2v) is 6.72. The van der Waals surface area contributed by atoms with Crippen molar-refractivity contribution in [1.82, 2.24) is 15.1 Å². The molecule has 1 fully saturated rings. The van der Waals surface area contributed by atoms with E-state index in [4.69, 9.17) is 4.42 Å². The van der Waals surface area contributed by atoms with Crippen LogP contribution < -0.4 is 4.90 Å². The number of para-hydroxylation sites is 1. The molecule has 144 valence electrons. The van der Waals surface area contributed by atoms with Crippen molar-refractivity contribution in [2.45, 2.75) is 12.8 Å². The molecule has 1 aromatic heterocycles. The van der Waals surface area contributed by atoms with E-state index in [2.05, 4.69) is 10.2 Å². The molecule has 0 N–H and O–H groups in total. The number of hydrogen-bond donors (Lipinski definition) is 0. The second kappa shape index (κ2) is 8.21. The lowest BCUT2D eigenvalue weighted by atomic mass is 10.1. The van der Waals surface area contributed by atoms with Crippen LogP contribution in [0.15, 0.2) is 59.0 Å². The Kier molecular flexibility index (Phi) is 5.32. The van der Waals surface area contributed by atoms with E-state index < -0.39 is 0 Å². The number of rotatable bonds is 5. The molecule has 6 nitrogen and oxygen atoms in total. The van der Waals surface area contributed by atoms with Crippen molar-refractivity contribution in [2.24, 2.45) is 0 Å². The fourth-order valence-electron chi connectivity index (χ4n) is 3.33. The first-order chi connectivity index (χ1) is 13.7. The smallest absolute Gasteiger partial charge is 0.311 e. The number of piperazine rings is 1. The van der Waals surface area contributed by atoms with Crippen LogP contribution in [0.3, 0.4) is 0 Å². The molecule has 1 amide bonds. The monoisotopic (exact) mass is 380 g/mol. The van der Waals surface area contributed by atoms with Crippen molar-refractivity contribution >= 4 is 11.6 Å². The van der Waals surface area contributed by atoms with E-state index in [-0.39, 0.29) is 17.6 Å². The van der Waals surface area contributed by atoms with Gasteiger partial charge in [0.25, 0.3) is 0 Å². The van der Waals surface area contributed by atoms with Gasteiger partial charge in [0.2, 0.25) is 5.89 Å². The van der Waals surface area contributed by atoms with E-state index in [1.54, 1.807) is 17.0 Å². The van der Waals surface area contributed by atoms with Gasteiger partial charge in [-0.25, -0.2) is 4.39 Å². The normalized spacial score (nSPS) is 14.3. The van der Waals surface area contributed by atoms with Crippen LogP contribution in [0.4, 0.5) is 10.1 Å². The van der Waals surface area contributed by atoms with Gasteiger partial charge >= 0.3 is 11.8 Å². The Balaban J connectivity index is 1.33. The predicted molar refractivity (Wildman–Crippen MR) is 103 cm³/mol. The third-order valence-corrected chi connectivity index (χ3v) is 4.88. The third kappa shape index (κ3) is 4.03. The molecule has 2 aromatic carbocycles. The standard InChI is InChI=1S/C21H21FN4O2/c22-17-8-4-5-9-18(17)25-12-14-26(15-13-25)21(27)20-24-23-19(28-20)11-10-16-6-2-1-3-7-16/h1-9H,10-15H2. The SMILES string of the molecule is O=C(c1nnc(CCc2ccccc2)o1)N1CCN(c2ccccc2F)CC1. The zero-order chi connectivity index (χ0) is 19.3. The zero-order valence-corrected chi connectivity index (χ0v) is 15.4. The highest BCUT2D eigenvalue weighted by Gasteiger charge is 2.26. The minimum atomic E-state index is -0.272. The lowest BCUT2D eigenvalue weighted by molar-refractivity contribution is 0.0704. The Labute approximate surface area is 162 Å². The summed E-state index contributed by atoms with van der Waals surface area (Å²) in [7, 11) is 0. The molecule has 1 aliphatic rings. The maximum Gasteiger partial charge on any atom is 0.311 e. The Hall–Kier alpha value is -3.22. The van der Waals surface area contributed by atoms with E-state index >= 15 is 0 Å². The van der Waals surface area contributed by atoms with Crippen LogP contribution in [0.5, 0.6) is 0 Å². The summed E-state index contributed by atoms with van der Waals surface area (Å²) < 4.78 is 19.5. The number of aryl methyl sites for hydroxylation is 2. The molecule has 1 aliphatic heterocycles. The molecule has 0 saturated carbocycles. The molecule has 1 saturated heterocycles. The highest BCUT2D eigenvalue weighted by Crippen LogP contribution is 2.20. The summed E-state index contributed by atoms with van der Waals surface area (Å²) in [5.41, 5.74) is 1.74. The maximum absolute atomic E-state index is 13.9. The topological polar surface area (TPSA) is 62.5 Å². The number of anilines is 1. The van der Waals surface area contributed by atoms with E-state index in [1.807, 2.05) is 41.3 Å². The molecular weight excluding hydrogens is 359 g/mol. The summed E-state index contributed by atoms with van der Waals surface area (Å²) in [5.74, 6) is -0.0477. The van der Waals surface area contributed by atoms with Crippen molar-refractivity contribution in [1.29, 1.82) is 0 Å². The van der Waals surface area contributed by atoms with E-state index in [1.165, 1.54) is 11.6 Å². The molecule has 0 radical (unpaired) electrons. The molecule has 28 heavy (non-hydrogen) atoms. The minimum absolute atomic E-state index is 0.0161. The highest BCUT2D eigenvalue weighted by molar-refractivity contribution is 5.89. The van der Waals surface area contributed by atoms with Gasteiger partial charge in [0.1, 0.15) is 5.82 Å². The number of hydrogen-bond acceptors (Lipinski definition) is 5. The van der Waals surface area contributed by atoms with Crippen LogP contribution in [-0.2, 0) is 12.8 Å². The molecule has 3 aromatic rings. The summed E-state index contributed by atoms with van der Waals surface area (Å²) in [4.78, 5) is 16.2. The first-order valence-electron chi connectivity index (χ1n) is 9.36. The summed E-state index contributed by atoms with van der Waals surface area (Å²) in [6.45, 7) is 2.08. The summed E-state index contributed by atoms with van der Waals surface area (Å²) in [5, 5.41) is 7.91. The molecular formula is C21H21FN4O2. The average Bonchev–Trinajstić information content (AvgIpc) is 3.22. The summed E-state index contributed by atoms with van der Waals surface area (Å²) >= 11 is 0. The van der Waals surface area contributed by atoms with Gasteiger partial charge in [0, 0.05) is 32.6 Å². The lowest BCUT2D eigenvalue weighted by Gasteiger charge is -2.35. The van der Waals surface area contributed by atoms with Crippen LogP contribution in [0.25, 0.3) is 0 Å². The van der Waals surface area contributed by atoms with Crippen LogP contribution in [0.2, 0.25) is 0 Å². The molecule has 0 aliphatic carbocycles. The third-order valence-electron chi connectivity index (χ3n) is 4.88. The Bertz CT molecular complexity index is 936. The van der Waals surface area contributed by atoms with Crippen molar-refractivity contribution < 1.29 is 13.6 Å². The Morgan fingerprint density at radius 2 is 1.64 bits per heavy atom. The lowest BCUT2D eigenvalue weighted by Crippen LogP contribution is -2.49. The molecule has 7 heteroatoms. The summed E-state index contributed by atoms with van der Waals surface area (Å²) in [6, 6.07) is 16.7. The number of aromatic nitrogens is 2. The van der Waals surface area contributed by atoms with Crippen molar-refractivity contribution in [3.8, 4) is 0 Å². The van der Waals surface area contributed by atoms with Gasteiger partial charge in [0.05, 0.1) is 5.69 Å². The van der Waals surface area contributed by atoms with Gasteiger partial charge in [-0.2, -0.15) is 0 Å². The van der Waals surface area contributed by atoms with Crippen molar-refractivity contribution in [2.75, 3.05) is 31.1 Å². The number of benzene rings is 2. The predicted octanol–water partition coefficient (Wildman–Crippen LogP) is 2.96. The van der Waals surface area contributed by atoms with E-state index in [0.717, 1.165) is 6.42 Å². The van der Waals surface area contributed by atoms with Gasteiger partial charge in [-0.15, -0.1) is 10.2 Å². The van der Waals surface area contributed by atoms with Crippen molar-refractivity contribution in [3.63, 3.8) is 0 Å². The average molecular weight is 380 g/mol. The van der Waals surface area contributed by atoms with Gasteiger partial charge < -0.3 is 14.2 Å². The number of carbonyl (C=O) groups is 1. The quantitative estimate of drug-likeness (QED) is 0.681. The summed E-state index contributed by atoms with van der Waals surface area (Å²) in [6.07, 6.45) is 1.36. The highest BCUT2D eigenvalue weighted by atomic mass is 19.1. The fraction of sp³-hybridized carbons (Fsp3) is 0.286. The maximum atomic E-state index is 13.9. The Morgan fingerprint density at radius 1 is 0.929 bits per heavy atom. The van der Waals surface area contributed by atoms with Gasteiger partial charge in [0.15, 0.2) is 0 Å². The number of nitrogens with zero attached hydrogens (tertiary/aromatic N) is 4. The van der Waals surface area contributed by atoms with Gasteiger partial charge in [-0.1, -0.05) is 42.5 Å². The molecule has 0 bridgehead atoms. The molecule has 2 heterocycles. The van der Waals surface area contributed by atoms with E-state index in [0.29, 0.717) is 44.2 Å². The second-order valence-electron chi connectivity index (χ2n) is 6.72. The fourth-order valence-corrected chi connectivity index (χ4v) is 3.33. The van der Waals surface area contributed by atoms with Crippen LogP contribution >= 0.6 is 0 Å². The first-order valence-corrected chi connectivity index (χ1v) is 9.36. The van der Waals surface area contributed by atoms with Crippen LogP contribution in [-0.4, -0.2) is 47.2 Å². The number of amides is 1. The molecule has 0 spiro atoms. The zero-order valence-electron chi connectivity index (χ0n) is 15.4. The number of halogens is 1. The van der Waals surface area contributed by atoms with Gasteiger partial charge in [-0.3, -0.25) is 4.79 Å². The van der Waals surface area contributed by atoms with Gasteiger partial charge in [-0.05, 0) is 24.1 Å². The largest absolute Gasteiger partial charge is 0.417 e.